The Labute approximate surface area is 125 Å². The minimum atomic E-state index is -3.53. The maximum Gasteiger partial charge on any atom is 0.285 e. The van der Waals surface area contributed by atoms with Crippen LogP contribution in [0.1, 0.15) is 12.5 Å². The Kier molecular flexibility index (Phi) is 3.73. The lowest BCUT2D eigenvalue weighted by Crippen LogP contribution is -2.52. The molecule has 2 N–H and O–H groups in total. The van der Waals surface area contributed by atoms with E-state index >= 15 is 0 Å². The molecule has 0 amide bonds. The summed E-state index contributed by atoms with van der Waals surface area (Å²) in [7, 11) is -3.53. The molecule has 3 rings (SSSR count). The minimum Gasteiger partial charge on any atom is -0.353 e. The fourth-order valence-electron chi connectivity index (χ4n) is 2.84. The van der Waals surface area contributed by atoms with Crippen LogP contribution in [0.3, 0.4) is 0 Å². The average Bonchev–Trinajstić information content (AvgIpc) is 2.79. The summed E-state index contributed by atoms with van der Waals surface area (Å²) in [4.78, 5) is 4.70. The fraction of sp³-hybridized carbons (Fsp3) is 0.500. The van der Waals surface area contributed by atoms with E-state index in [9.17, 15) is 8.42 Å². The third-order valence-corrected chi connectivity index (χ3v) is 5.52. The zero-order valence-corrected chi connectivity index (χ0v) is 12.9. The van der Waals surface area contributed by atoms with E-state index in [1.54, 1.807) is 12.1 Å². The van der Waals surface area contributed by atoms with Crippen molar-refractivity contribution in [2.45, 2.75) is 17.9 Å². The van der Waals surface area contributed by atoms with Gasteiger partial charge in [0.2, 0.25) is 0 Å². The third kappa shape index (κ3) is 2.56. The van der Waals surface area contributed by atoms with Crippen LogP contribution in [0.2, 0.25) is 0 Å². The van der Waals surface area contributed by atoms with E-state index in [2.05, 4.69) is 21.1 Å². The molecule has 1 fully saturated rings. The van der Waals surface area contributed by atoms with Crippen LogP contribution in [0.4, 0.5) is 0 Å². The molecule has 0 aliphatic carbocycles. The van der Waals surface area contributed by atoms with Gasteiger partial charge in [-0.15, -0.1) is 4.40 Å². The Morgan fingerprint density at radius 2 is 1.90 bits per heavy atom. The summed E-state index contributed by atoms with van der Waals surface area (Å²) >= 11 is 0. The molecule has 6 nitrogen and oxygen atoms in total. The highest BCUT2D eigenvalue weighted by Crippen LogP contribution is 2.27. The van der Waals surface area contributed by atoms with Gasteiger partial charge in [-0.1, -0.05) is 12.1 Å². The predicted octanol–water partition coefficient (Wildman–Crippen LogP) is 0.100. The predicted molar refractivity (Wildman–Crippen MR) is 81.8 cm³/mol. The first-order valence-corrected chi connectivity index (χ1v) is 8.60. The maximum atomic E-state index is 12.1. The first kappa shape index (κ1) is 14.5. The quantitative estimate of drug-likeness (QED) is 0.838. The number of piperazine rings is 1. The first-order valence-electron chi connectivity index (χ1n) is 7.16. The molecule has 0 aromatic heterocycles. The molecule has 0 spiro atoms. The van der Waals surface area contributed by atoms with Gasteiger partial charge in [-0.3, -0.25) is 4.90 Å². The summed E-state index contributed by atoms with van der Waals surface area (Å²) < 4.78 is 28.1. The zero-order valence-electron chi connectivity index (χ0n) is 12.1. The smallest absolute Gasteiger partial charge is 0.285 e. The van der Waals surface area contributed by atoms with E-state index in [0.717, 1.165) is 31.7 Å². The van der Waals surface area contributed by atoms with E-state index in [4.69, 9.17) is 5.73 Å². The number of benzene rings is 1. The molecule has 1 unspecified atom stereocenters. The Hall–Kier alpha value is -1.44. The molecule has 114 valence electrons. The molecular weight excluding hydrogens is 288 g/mol. The van der Waals surface area contributed by atoms with Crippen molar-refractivity contribution >= 4 is 15.9 Å². The SMILES string of the molecule is CC(CN)N1CCN(C2=NS(=O)(=O)c3ccccc32)CC1. The summed E-state index contributed by atoms with van der Waals surface area (Å²) in [5, 5.41) is 0. The molecule has 2 heterocycles. The van der Waals surface area contributed by atoms with Gasteiger partial charge < -0.3 is 10.6 Å². The number of nitrogens with zero attached hydrogens (tertiary/aromatic N) is 3. The Balaban J connectivity index is 1.81. The van der Waals surface area contributed by atoms with Gasteiger partial charge in [0.15, 0.2) is 5.84 Å². The van der Waals surface area contributed by atoms with Crippen LogP contribution in [-0.2, 0) is 10.0 Å². The molecule has 1 atom stereocenters. The number of hydrogen-bond acceptors (Lipinski definition) is 5. The van der Waals surface area contributed by atoms with Crippen molar-refractivity contribution in [2.75, 3.05) is 32.7 Å². The molecule has 1 aromatic carbocycles. The van der Waals surface area contributed by atoms with Crippen LogP contribution < -0.4 is 5.73 Å². The molecule has 7 heteroatoms. The molecular formula is C14H20N4O2S. The van der Waals surface area contributed by atoms with Crippen molar-refractivity contribution in [3.8, 4) is 0 Å². The summed E-state index contributed by atoms with van der Waals surface area (Å²) in [6, 6.07) is 7.38. The van der Waals surface area contributed by atoms with Crippen molar-refractivity contribution in [1.29, 1.82) is 0 Å². The van der Waals surface area contributed by atoms with Gasteiger partial charge in [0.05, 0.1) is 0 Å². The van der Waals surface area contributed by atoms with Crippen LogP contribution >= 0.6 is 0 Å². The van der Waals surface area contributed by atoms with Gasteiger partial charge >= 0.3 is 0 Å². The van der Waals surface area contributed by atoms with Gasteiger partial charge in [0, 0.05) is 44.3 Å². The lowest BCUT2D eigenvalue weighted by Gasteiger charge is -2.38. The minimum absolute atomic E-state index is 0.317. The highest BCUT2D eigenvalue weighted by atomic mass is 32.2. The summed E-state index contributed by atoms with van der Waals surface area (Å²) in [6.07, 6.45) is 0. The molecule has 0 bridgehead atoms. The van der Waals surface area contributed by atoms with Gasteiger partial charge in [-0.25, -0.2) is 0 Å². The molecule has 2 aliphatic rings. The summed E-state index contributed by atoms with van der Waals surface area (Å²) in [6.45, 7) is 6.04. The van der Waals surface area contributed by atoms with Crippen molar-refractivity contribution < 1.29 is 8.42 Å². The number of sulfonamides is 1. The number of hydrogen-bond donors (Lipinski definition) is 1. The largest absolute Gasteiger partial charge is 0.353 e. The number of fused-ring (bicyclic) bond motifs is 1. The van der Waals surface area contributed by atoms with Crippen molar-refractivity contribution in [3.63, 3.8) is 0 Å². The fourth-order valence-corrected chi connectivity index (χ4v) is 4.07. The van der Waals surface area contributed by atoms with Crippen LogP contribution in [0, 0.1) is 0 Å². The molecule has 0 saturated carbocycles. The Morgan fingerprint density at radius 1 is 1.24 bits per heavy atom. The van der Waals surface area contributed by atoms with Gasteiger partial charge in [-0.2, -0.15) is 8.42 Å². The highest BCUT2D eigenvalue weighted by Gasteiger charge is 2.33. The second-order valence-electron chi connectivity index (χ2n) is 5.49. The van der Waals surface area contributed by atoms with E-state index < -0.39 is 10.0 Å². The van der Waals surface area contributed by atoms with E-state index in [1.807, 2.05) is 12.1 Å². The molecule has 0 radical (unpaired) electrons. The van der Waals surface area contributed by atoms with E-state index in [0.29, 0.717) is 23.3 Å². The Bertz CT molecular complexity index is 663. The standard InChI is InChI=1S/C14H20N4O2S/c1-11(10-15)17-6-8-18(9-7-17)14-12-4-2-3-5-13(12)21(19,20)16-14/h2-5,11H,6-10,15H2,1H3. The van der Waals surface area contributed by atoms with Crippen LogP contribution in [0.25, 0.3) is 0 Å². The van der Waals surface area contributed by atoms with Crippen molar-refractivity contribution in [3.05, 3.63) is 29.8 Å². The summed E-state index contributed by atoms with van der Waals surface area (Å²) in [5.41, 5.74) is 6.42. The highest BCUT2D eigenvalue weighted by molar-refractivity contribution is 7.90. The normalized spacial score (nSPS) is 22.8. The maximum absolute atomic E-state index is 12.1. The third-order valence-electron chi connectivity index (χ3n) is 4.19. The zero-order chi connectivity index (χ0) is 15.0. The number of nitrogens with two attached hydrogens (primary N) is 1. The van der Waals surface area contributed by atoms with Gasteiger partial charge in [0.1, 0.15) is 4.90 Å². The lowest BCUT2D eigenvalue weighted by molar-refractivity contribution is 0.144. The number of amidine groups is 1. The Morgan fingerprint density at radius 3 is 2.57 bits per heavy atom. The van der Waals surface area contributed by atoms with Crippen LogP contribution in [0.15, 0.2) is 33.6 Å². The molecule has 1 aromatic rings. The first-order chi connectivity index (χ1) is 10.0. The molecule has 21 heavy (non-hydrogen) atoms. The summed E-state index contributed by atoms with van der Waals surface area (Å²) in [5.74, 6) is 0.589. The molecule has 1 saturated heterocycles. The van der Waals surface area contributed by atoms with Gasteiger partial charge in [0.25, 0.3) is 10.0 Å². The average molecular weight is 308 g/mol. The monoisotopic (exact) mass is 308 g/mol. The number of rotatable bonds is 2. The van der Waals surface area contributed by atoms with E-state index in [-0.39, 0.29) is 0 Å². The van der Waals surface area contributed by atoms with E-state index in [1.165, 1.54) is 0 Å². The van der Waals surface area contributed by atoms with Crippen LogP contribution in [-0.4, -0.2) is 62.8 Å². The topological polar surface area (TPSA) is 79.0 Å². The van der Waals surface area contributed by atoms with Crippen molar-refractivity contribution in [1.82, 2.24) is 9.80 Å². The molecule has 2 aliphatic heterocycles. The lowest BCUT2D eigenvalue weighted by atomic mass is 10.1. The van der Waals surface area contributed by atoms with Crippen molar-refractivity contribution in [2.24, 2.45) is 10.1 Å². The van der Waals surface area contributed by atoms with Crippen LogP contribution in [0.5, 0.6) is 0 Å². The second-order valence-corrected chi connectivity index (χ2v) is 7.07. The van der Waals surface area contributed by atoms with Gasteiger partial charge in [-0.05, 0) is 19.1 Å². The second kappa shape index (κ2) is 5.40.